The molecule has 0 saturated heterocycles. The van der Waals surface area contributed by atoms with Crippen LogP contribution in [0.3, 0.4) is 0 Å². The minimum Gasteiger partial charge on any atom is -0.480 e. The monoisotopic (exact) mass is 239 g/mol. The van der Waals surface area contributed by atoms with Gasteiger partial charge in [-0.2, -0.15) is 4.98 Å². The van der Waals surface area contributed by atoms with Crippen molar-refractivity contribution in [3.63, 3.8) is 0 Å². The van der Waals surface area contributed by atoms with Gasteiger partial charge in [-0.05, 0) is 25.7 Å². The van der Waals surface area contributed by atoms with Gasteiger partial charge in [0.15, 0.2) is 5.82 Å². The van der Waals surface area contributed by atoms with Crippen LogP contribution in [0.25, 0.3) is 0 Å². The lowest BCUT2D eigenvalue weighted by atomic mass is 9.77. The van der Waals surface area contributed by atoms with Gasteiger partial charge in [-0.3, -0.25) is 10.1 Å². The number of rotatable bonds is 6. The number of nitrogens with zero attached hydrogens (tertiary/aromatic N) is 2. The molecule has 0 bridgehead atoms. The van der Waals surface area contributed by atoms with Crippen LogP contribution in [-0.2, 0) is 17.8 Å². The predicted octanol–water partition coefficient (Wildman–Crippen LogP) is 1.12. The number of aliphatic carboxylic acids is 1. The van der Waals surface area contributed by atoms with Crippen LogP contribution >= 0.6 is 0 Å². The highest BCUT2D eigenvalue weighted by Crippen LogP contribution is 2.32. The molecule has 1 aliphatic rings. The Balaban J connectivity index is 1.90. The fourth-order valence-corrected chi connectivity index (χ4v) is 1.93. The topological polar surface area (TPSA) is 88.2 Å². The largest absolute Gasteiger partial charge is 0.480 e. The van der Waals surface area contributed by atoms with Gasteiger partial charge in [-0.1, -0.05) is 12.1 Å². The van der Waals surface area contributed by atoms with Crippen molar-refractivity contribution in [3.8, 4) is 0 Å². The normalized spacial score (nSPS) is 17.7. The minimum absolute atomic E-state index is 0.322. The minimum atomic E-state index is -0.794. The lowest BCUT2D eigenvalue weighted by Gasteiger charge is -2.38. The van der Waals surface area contributed by atoms with Crippen LogP contribution in [0.15, 0.2) is 4.52 Å². The van der Waals surface area contributed by atoms with Crippen molar-refractivity contribution >= 4 is 5.97 Å². The van der Waals surface area contributed by atoms with Crippen molar-refractivity contribution in [2.75, 3.05) is 0 Å². The zero-order chi connectivity index (χ0) is 12.3. The molecule has 0 unspecified atom stereocenters. The number of nitrogens with one attached hydrogen (secondary N) is 1. The third-order valence-electron chi connectivity index (χ3n) is 3.18. The number of aryl methyl sites for hydroxylation is 1. The van der Waals surface area contributed by atoms with E-state index in [1.807, 2.05) is 6.92 Å². The second kappa shape index (κ2) is 4.83. The second-order valence-corrected chi connectivity index (χ2v) is 4.45. The maximum atomic E-state index is 11.1. The summed E-state index contributed by atoms with van der Waals surface area (Å²) in [4.78, 5) is 15.3. The molecule has 17 heavy (non-hydrogen) atoms. The molecule has 2 N–H and O–H groups in total. The van der Waals surface area contributed by atoms with Crippen molar-refractivity contribution < 1.29 is 14.4 Å². The standard InChI is InChI=1S/C11H17N3O3/c1-2-4-8-13-9(17-14-8)7-12-11(10(15)16)5-3-6-11/h12H,2-7H2,1H3,(H,15,16). The van der Waals surface area contributed by atoms with Crippen LogP contribution in [0.2, 0.25) is 0 Å². The first-order valence-electron chi connectivity index (χ1n) is 5.96. The predicted molar refractivity (Wildman–Crippen MR) is 59.4 cm³/mol. The molecule has 0 amide bonds. The van der Waals surface area contributed by atoms with Gasteiger partial charge in [0.05, 0.1) is 6.54 Å². The van der Waals surface area contributed by atoms with Crippen molar-refractivity contribution in [3.05, 3.63) is 11.7 Å². The smallest absolute Gasteiger partial charge is 0.323 e. The summed E-state index contributed by atoms with van der Waals surface area (Å²) in [6.45, 7) is 2.37. The van der Waals surface area contributed by atoms with E-state index in [-0.39, 0.29) is 0 Å². The van der Waals surface area contributed by atoms with Gasteiger partial charge in [-0.25, -0.2) is 0 Å². The van der Waals surface area contributed by atoms with Gasteiger partial charge in [-0.15, -0.1) is 0 Å². The average molecular weight is 239 g/mol. The molecule has 1 aromatic heterocycles. The maximum absolute atomic E-state index is 11.1. The molecule has 0 radical (unpaired) electrons. The summed E-state index contributed by atoms with van der Waals surface area (Å²) in [7, 11) is 0. The van der Waals surface area contributed by atoms with E-state index in [9.17, 15) is 4.79 Å². The quantitative estimate of drug-likeness (QED) is 0.773. The number of aromatic nitrogens is 2. The van der Waals surface area contributed by atoms with Gasteiger partial charge in [0.1, 0.15) is 5.54 Å². The summed E-state index contributed by atoms with van der Waals surface area (Å²) in [5, 5.41) is 16.0. The fourth-order valence-electron chi connectivity index (χ4n) is 1.93. The molecule has 1 aliphatic carbocycles. The molecule has 0 atom stereocenters. The third kappa shape index (κ3) is 2.46. The Morgan fingerprint density at radius 1 is 1.59 bits per heavy atom. The lowest BCUT2D eigenvalue weighted by molar-refractivity contribution is -0.149. The average Bonchev–Trinajstić information content (AvgIpc) is 2.64. The van der Waals surface area contributed by atoms with E-state index in [2.05, 4.69) is 15.5 Å². The number of hydrogen-bond acceptors (Lipinski definition) is 5. The highest BCUT2D eigenvalue weighted by Gasteiger charge is 2.44. The second-order valence-electron chi connectivity index (χ2n) is 4.45. The summed E-state index contributed by atoms with van der Waals surface area (Å²) in [5.74, 6) is 0.348. The highest BCUT2D eigenvalue weighted by atomic mass is 16.5. The first kappa shape index (κ1) is 12.0. The van der Waals surface area contributed by atoms with E-state index in [4.69, 9.17) is 9.63 Å². The Labute approximate surface area is 99.4 Å². The van der Waals surface area contributed by atoms with Crippen molar-refractivity contribution in [1.82, 2.24) is 15.5 Å². The highest BCUT2D eigenvalue weighted by molar-refractivity contribution is 5.79. The zero-order valence-corrected chi connectivity index (χ0v) is 9.90. The van der Waals surface area contributed by atoms with Gasteiger partial charge >= 0.3 is 5.97 Å². The van der Waals surface area contributed by atoms with Crippen LogP contribution < -0.4 is 5.32 Å². The van der Waals surface area contributed by atoms with E-state index in [0.717, 1.165) is 19.3 Å². The maximum Gasteiger partial charge on any atom is 0.323 e. The van der Waals surface area contributed by atoms with E-state index in [1.54, 1.807) is 0 Å². The molecule has 1 saturated carbocycles. The molecule has 1 aromatic rings. The number of hydrogen-bond donors (Lipinski definition) is 2. The molecule has 0 spiro atoms. The van der Waals surface area contributed by atoms with Crippen molar-refractivity contribution in [1.29, 1.82) is 0 Å². The molecular weight excluding hydrogens is 222 g/mol. The molecule has 6 nitrogen and oxygen atoms in total. The summed E-state index contributed by atoms with van der Waals surface area (Å²) in [6, 6.07) is 0. The number of carboxylic acids is 1. The third-order valence-corrected chi connectivity index (χ3v) is 3.18. The Hall–Kier alpha value is -1.43. The first-order valence-corrected chi connectivity index (χ1v) is 5.96. The zero-order valence-electron chi connectivity index (χ0n) is 9.90. The lowest BCUT2D eigenvalue weighted by Crippen LogP contribution is -2.56. The van der Waals surface area contributed by atoms with E-state index in [0.29, 0.717) is 31.1 Å². The number of carbonyl (C=O) groups is 1. The molecule has 2 rings (SSSR count). The fraction of sp³-hybridized carbons (Fsp3) is 0.727. The SMILES string of the molecule is CCCc1noc(CNC2(C(=O)O)CCC2)n1. The molecule has 1 fully saturated rings. The summed E-state index contributed by atoms with van der Waals surface area (Å²) < 4.78 is 5.04. The van der Waals surface area contributed by atoms with E-state index >= 15 is 0 Å². The van der Waals surface area contributed by atoms with Crippen LogP contribution in [0, 0.1) is 0 Å². The van der Waals surface area contributed by atoms with Crippen molar-refractivity contribution in [2.45, 2.75) is 51.1 Å². The molecule has 0 aromatic carbocycles. The summed E-state index contributed by atoms with van der Waals surface area (Å²) in [6.07, 6.45) is 4.03. The Bertz CT molecular complexity index is 398. The van der Waals surface area contributed by atoms with Crippen molar-refractivity contribution in [2.24, 2.45) is 0 Å². The summed E-state index contributed by atoms with van der Waals surface area (Å²) >= 11 is 0. The Morgan fingerprint density at radius 3 is 2.88 bits per heavy atom. The molecule has 94 valence electrons. The van der Waals surface area contributed by atoms with Crippen LogP contribution in [0.5, 0.6) is 0 Å². The van der Waals surface area contributed by atoms with Gasteiger partial charge in [0, 0.05) is 6.42 Å². The van der Waals surface area contributed by atoms with Crippen LogP contribution in [0.1, 0.15) is 44.3 Å². The summed E-state index contributed by atoms with van der Waals surface area (Å²) in [5.41, 5.74) is -0.778. The Kier molecular flexibility index (Phi) is 3.42. The van der Waals surface area contributed by atoms with Crippen LogP contribution in [-0.4, -0.2) is 26.8 Å². The first-order chi connectivity index (χ1) is 8.16. The Morgan fingerprint density at radius 2 is 2.35 bits per heavy atom. The van der Waals surface area contributed by atoms with E-state index in [1.165, 1.54) is 0 Å². The molecule has 6 heteroatoms. The number of carboxylic acid groups (broad SMARTS) is 1. The molecule has 1 heterocycles. The van der Waals surface area contributed by atoms with Gasteiger partial charge in [0.25, 0.3) is 0 Å². The van der Waals surface area contributed by atoms with Gasteiger partial charge < -0.3 is 9.63 Å². The van der Waals surface area contributed by atoms with Gasteiger partial charge in [0.2, 0.25) is 5.89 Å². The van der Waals surface area contributed by atoms with Crippen LogP contribution in [0.4, 0.5) is 0 Å². The van der Waals surface area contributed by atoms with E-state index < -0.39 is 11.5 Å². The molecular formula is C11H17N3O3. The molecule has 0 aliphatic heterocycles.